The topological polar surface area (TPSA) is 66.8 Å². The number of ether oxygens (including phenoxy) is 1. The molecule has 0 aliphatic rings. The maximum absolute atomic E-state index is 10.6. The predicted octanol–water partition coefficient (Wildman–Crippen LogP) is 2.19. The molecule has 0 aliphatic heterocycles. The third kappa shape index (κ3) is 3.65. The highest BCUT2D eigenvalue weighted by atomic mass is 16.5. The van der Waals surface area contributed by atoms with E-state index in [1.807, 2.05) is 0 Å². The lowest BCUT2D eigenvalue weighted by Gasteiger charge is -2.11. The number of benzene rings is 1. The van der Waals surface area contributed by atoms with E-state index in [0.29, 0.717) is 5.75 Å². The van der Waals surface area contributed by atoms with Crippen LogP contribution in [0.15, 0.2) is 35.9 Å². The van der Waals surface area contributed by atoms with Crippen molar-refractivity contribution in [2.75, 3.05) is 0 Å². The average molecular weight is 222 g/mol. The number of rotatable bonds is 4. The Morgan fingerprint density at radius 3 is 2.44 bits per heavy atom. The van der Waals surface area contributed by atoms with Crippen LogP contribution in [0.25, 0.3) is 0 Å². The van der Waals surface area contributed by atoms with Gasteiger partial charge in [-0.05, 0) is 44.2 Å². The van der Waals surface area contributed by atoms with E-state index in [2.05, 4.69) is 0 Å². The summed E-state index contributed by atoms with van der Waals surface area (Å²) in [6.07, 6.45) is 1.19. The quantitative estimate of drug-likeness (QED) is 0.766. The van der Waals surface area contributed by atoms with E-state index in [-0.39, 0.29) is 17.4 Å². The monoisotopic (exact) mass is 222 g/mol. The van der Waals surface area contributed by atoms with E-state index in [1.54, 1.807) is 19.1 Å². The second kappa shape index (κ2) is 5.21. The van der Waals surface area contributed by atoms with Gasteiger partial charge in [0, 0.05) is 5.57 Å². The normalized spacial score (nSPS) is 13.2. The summed E-state index contributed by atoms with van der Waals surface area (Å²) in [6.45, 7) is 3.26. The third-order valence-electron chi connectivity index (χ3n) is 1.98. The number of hydrogen-bond acceptors (Lipinski definition) is 3. The number of carbonyl (C=O) groups is 1. The first-order chi connectivity index (χ1) is 7.49. The zero-order chi connectivity index (χ0) is 12.1. The van der Waals surface area contributed by atoms with Gasteiger partial charge in [0.1, 0.15) is 17.6 Å². The van der Waals surface area contributed by atoms with Crippen LogP contribution >= 0.6 is 0 Å². The Morgan fingerprint density at radius 2 is 1.94 bits per heavy atom. The van der Waals surface area contributed by atoms with E-state index >= 15 is 0 Å². The van der Waals surface area contributed by atoms with Crippen molar-refractivity contribution in [3.63, 3.8) is 0 Å². The van der Waals surface area contributed by atoms with Crippen LogP contribution in [0.3, 0.4) is 0 Å². The summed E-state index contributed by atoms with van der Waals surface area (Å²) in [6, 6.07) is 6.26. The lowest BCUT2D eigenvalue weighted by molar-refractivity contribution is -0.132. The Hall–Kier alpha value is -1.97. The highest BCUT2D eigenvalue weighted by molar-refractivity contribution is 5.85. The highest BCUT2D eigenvalue weighted by Gasteiger charge is 2.05. The Labute approximate surface area is 93.8 Å². The predicted molar refractivity (Wildman–Crippen MR) is 59.6 cm³/mol. The molecule has 0 fully saturated rings. The van der Waals surface area contributed by atoms with E-state index in [0.717, 1.165) is 0 Å². The zero-order valence-electron chi connectivity index (χ0n) is 9.18. The van der Waals surface area contributed by atoms with Crippen molar-refractivity contribution in [1.29, 1.82) is 0 Å². The molecule has 1 atom stereocenters. The fraction of sp³-hybridized carbons (Fsp3) is 0.250. The fourth-order valence-corrected chi connectivity index (χ4v) is 1.20. The molecule has 0 spiro atoms. The molecule has 0 aromatic heterocycles. The molecule has 0 saturated heterocycles. The lowest BCUT2D eigenvalue weighted by atomic mass is 10.2. The van der Waals surface area contributed by atoms with Crippen molar-refractivity contribution in [1.82, 2.24) is 0 Å². The average Bonchev–Trinajstić information content (AvgIpc) is 2.21. The molecule has 0 amide bonds. The Morgan fingerprint density at radius 1 is 1.38 bits per heavy atom. The molecule has 1 rings (SSSR count). The van der Waals surface area contributed by atoms with Crippen LogP contribution in [0.1, 0.15) is 13.8 Å². The van der Waals surface area contributed by atoms with Gasteiger partial charge in [-0.25, -0.2) is 4.79 Å². The fourth-order valence-electron chi connectivity index (χ4n) is 1.20. The summed E-state index contributed by atoms with van der Waals surface area (Å²) in [4.78, 5) is 10.6. The van der Waals surface area contributed by atoms with Gasteiger partial charge < -0.3 is 14.9 Å². The summed E-state index contributed by atoms with van der Waals surface area (Å²) >= 11 is 0. The van der Waals surface area contributed by atoms with Crippen LogP contribution in [0.4, 0.5) is 0 Å². The van der Waals surface area contributed by atoms with Gasteiger partial charge in [-0.15, -0.1) is 0 Å². The first kappa shape index (κ1) is 12.1. The Kier molecular flexibility index (Phi) is 3.94. The van der Waals surface area contributed by atoms with Crippen molar-refractivity contribution in [2.24, 2.45) is 0 Å². The number of phenols is 1. The van der Waals surface area contributed by atoms with Gasteiger partial charge in [-0.1, -0.05) is 0 Å². The second-order valence-electron chi connectivity index (χ2n) is 3.47. The molecule has 1 aromatic carbocycles. The van der Waals surface area contributed by atoms with Crippen molar-refractivity contribution in [3.05, 3.63) is 35.9 Å². The zero-order valence-corrected chi connectivity index (χ0v) is 9.18. The molecule has 1 aromatic rings. The summed E-state index contributed by atoms with van der Waals surface area (Å²) in [5.41, 5.74) is 0.242. The standard InChI is InChI=1S/C12H14O4/c1-8(12(14)15)7-9(2)16-11-5-3-10(13)4-6-11/h3-7,9,13H,1-2H3,(H,14,15)/b8-7+. The number of carboxylic acids is 1. The van der Waals surface area contributed by atoms with E-state index in [9.17, 15) is 4.79 Å². The number of phenolic OH excluding ortho intramolecular Hbond substituents is 1. The number of aliphatic carboxylic acids is 1. The molecule has 0 bridgehead atoms. The molecule has 0 aliphatic carbocycles. The van der Waals surface area contributed by atoms with Crippen LogP contribution in [0.5, 0.6) is 11.5 Å². The van der Waals surface area contributed by atoms with Crippen molar-refractivity contribution in [2.45, 2.75) is 20.0 Å². The highest BCUT2D eigenvalue weighted by Crippen LogP contribution is 2.17. The van der Waals surface area contributed by atoms with Gasteiger partial charge in [0.05, 0.1) is 0 Å². The van der Waals surface area contributed by atoms with Crippen molar-refractivity contribution in [3.8, 4) is 11.5 Å². The first-order valence-corrected chi connectivity index (χ1v) is 4.86. The van der Waals surface area contributed by atoms with Crippen LogP contribution in [-0.2, 0) is 4.79 Å². The minimum atomic E-state index is -0.957. The van der Waals surface area contributed by atoms with Crippen LogP contribution in [0.2, 0.25) is 0 Å². The Bertz CT molecular complexity index is 392. The summed E-state index contributed by atoms with van der Waals surface area (Å²) in [7, 11) is 0. The van der Waals surface area contributed by atoms with Crippen LogP contribution < -0.4 is 4.74 Å². The first-order valence-electron chi connectivity index (χ1n) is 4.86. The van der Waals surface area contributed by atoms with Gasteiger partial charge in [-0.2, -0.15) is 0 Å². The molecule has 86 valence electrons. The van der Waals surface area contributed by atoms with Crippen LogP contribution in [-0.4, -0.2) is 22.3 Å². The molecule has 0 heterocycles. The Balaban J connectivity index is 2.64. The maximum atomic E-state index is 10.6. The SMILES string of the molecule is C/C(=C\C(C)Oc1ccc(O)cc1)C(=O)O. The van der Waals surface area contributed by atoms with Gasteiger partial charge in [0.25, 0.3) is 0 Å². The molecule has 16 heavy (non-hydrogen) atoms. The molecule has 0 radical (unpaired) electrons. The van der Waals surface area contributed by atoms with Gasteiger partial charge in [0.15, 0.2) is 0 Å². The smallest absolute Gasteiger partial charge is 0.331 e. The molecular weight excluding hydrogens is 208 g/mol. The molecule has 4 nitrogen and oxygen atoms in total. The number of carboxylic acid groups (broad SMARTS) is 1. The molecular formula is C12H14O4. The minimum absolute atomic E-state index is 0.164. The largest absolute Gasteiger partial charge is 0.508 e. The van der Waals surface area contributed by atoms with Gasteiger partial charge >= 0.3 is 5.97 Å². The number of hydrogen-bond donors (Lipinski definition) is 2. The minimum Gasteiger partial charge on any atom is -0.508 e. The van der Waals surface area contributed by atoms with E-state index in [4.69, 9.17) is 14.9 Å². The van der Waals surface area contributed by atoms with Gasteiger partial charge in [0.2, 0.25) is 0 Å². The maximum Gasteiger partial charge on any atom is 0.331 e. The summed E-state index contributed by atoms with van der Waals surface area (Å²) < 4.78 is 5.44. The number of aromatic hydroxyl groups is 1. The molecule has 0 saturated carbocycles. The van der Waals surface area contributed by atoms with Gasteiger partial charge in [-0.3, -0.25) is 0 Å². The second-order valence-corrected chi connectivity index (χ2v) is 3.47. The molecule has 1 unspecified atom stereocenters. The summed E-state index contributed by atoms with van der Waals surface area (Å²) in [5.74, 6) is -0.210. The lowest BCUT2D eigenvalue weighted by Crippen LogP contribution is -2.10. The molecule has 4 heteroatoms. The van der Waals surface area contributed by atoms with E-state index in [1.165, 1.54) is 25.1 Å². The van der Waals surface area contributed by atoms with Crippen molar-refractivity contribution < 1.29 is 19.7 Å². The van der Waals surface area contributed by atoms with Crippen molar-refractivity contribution >= 4 is 5.97 Å². The van der Waals surface area contributed by atoms with Crippen LogP contribution in [0, 0.1) is 0 Å². The third-order valence-corrected chi connectivity index (χ3v) is 1.98. The van der Waals surface area contributed by atoms with E-state index < -0.39 is 5.97 Å². The summed E-state index contributed by atoms with van der Waals surface area (Å²) in [5, 5.41) is 17.7. The molecule has 2 N–H and O–H groups in total.